The number of amides is 2. The predicted octanol–water partition coefficient (Wildman–Crippen LogP) is 5.12. The van der Waals surface area contributed by atoms with E-state index in [-0.39, 0.29) is 37.4 Å². The smallest absolute Gasteiger partial charge is 0.332 e. The van der Waals surface area contributed by atoms with E-state index in [4.69, 9.17) is 0 Å². The van der Waals surface area contributed by atoms with Gasteiger partial charge in [0.2, 0.25) is 11.8 Å². The zero-order chi connectivity index (χ0) is 24.8. The summed E-state index contributed by atoms with van der Waals surface area (Å²) in [6.45, 7) is 0.346. The second-order valence-corrected chi connectivity index (χ2v) is 8.83. The Balaban J connectivity index is 1.52. The van der Waals surface area contributed by atoms with Crippen LogP contribution in [0.2, 0.25) is 0 Å². The van der Waals surface area contributed by atoms with Crippen molar-refractivity contribution in [3.63, 3.8) is 0 Å². The minimum Gasteiger partial charge on any atom is -0.332 e. The molecule has 4 rings (SSSR count). The first kappa shape index (κ1) is 24.5. The Kier molecular flexibility index (Phi) is 7.54. The van der Waals surface area contributed by atoms with E-state index in [1.807, 2.05) is 60.7 Å². The van der Waals surface area contributed by atoms with Crippen LogP contribution in [0.15, 0.2) is 84.9 Å². The van der Waals surface area contributed by atoms with Crippen LogP contribution in [0.5, 0.6) is 0 Å². The number of halogens is 3. The molecule has 1 aliphatic heterocycles. The molecular weight excluding hydrogens is 453 g/mol. The molecule has 0 spiro atoms. The molecule has 0 radical (unpaired) electrons. The standard InChI is InChI=1S/C28H27F3N2O2/c29-28(30,31)24-13-7-12-23(16-24)18-33-25(15-14-21-8-3-1-4-9-21)19-32(20-27(33)35)26(34)17-22-10-5-2-6-11-22/h1-13,16,25H,14-15,17-20H2/t25-/m0/s1. The summed E-state index contributed by atoms with van der Waals surface area (Å²) in [5, 5.41) is 0. The zero-order valence-electron chi connectivity index (χ0n) is 19.2. The van der Waals surface area contributed by atoms with Crippen molar-refractivity contribution < 1.29 is 22.8 Å². The van der Waals surface area contributed by atoms with Gasteiger partial charge in [-0.25, -0.2) is 0 Å². The predicted molar refractivity (Wildman–Crippen MR) is 127 cm³/mol. The first-order valence-electron chi connectivity index (χ1n) is 11.6. The lowest BCUT2D eigenvalue weighted by atomic mass is 10.00. The molecule has 0 N–H and O–H groups in total. The monoisotopic (exact) mass is 480 g/mol. The summed E-state index contributed by atoms with van der Waals surface area (Å²) in [6, 6.07) is 23.9. The van der Waals surface area contributed by atoms with Crippen molar-refractivity contribution in [1.82, 2.24) is 9.80 Å². The van der Waals surface area contributed by atoms with E-state index < -0.39 is 11.7 Å². The fourth-order valence-electron chi connectivity index (χ4n) is 4.43. The van der Waals surface area contributed by atoms with Gasteiger partial charge in [-0.1, -0.05) is 72.8 Å². The van der Waals surface area contributed by atoms with Crippen molar-refractivity contribution >= 4 is 11.8 Å². The van der Waals surface area contributed by atoms with E-state index in [1.165, 1.54) is 6.07 Å². The maximum absolute atomic E-state index is 13.2. The van der Waals surface area contributed by atoms with Crippen molar-refractivity contribution in [2.24, 2.45) is 0 Å². The molecule has 3 aromatic rings. The maximum atomic E-state index is 13.2. The highest BCUT2D eigenvalue weighted by molar-refractivity contribution is 5.87. The molecule has 0 unspecified atom stereocenters. The number of benzene rings is 3. The van der Waals surface area contributed by atoms with E-state index >= 15 is 0 Å². The van der Waals surface area contributed by atoms with Gasteiger partial charge in [0, 0.05) is 13.1 Å². The molecule has 1 heterocycles. The number of rotatable bonds is 7. The van der Waals surface area contributed by atoms with Gasteiger partial charge in [0.05, 0.1) is 24.6 Å². The lowest BCUT2D eigenvalue weighted by molar-refractivity contribution is -0.149. The zero-order valence-corrected chi connectivity index (χ0v) is 19.2. The van der Waals surface area contributed by atoms with Crippen molar-refractivity contribution in [1.29, 1.82) is 0 Å². The van der Waals surface area contributed by atoms with E-state index in [2.05, 4.69) is 0 Å². The molecule has 1 atom stereocenters. The van der Waals surface area contributed by atoms with E-state index in [0.717, 1.165) is 23.3 Å². The average molecular weight is 481 g/mol. The molecule has 182 valence electrons. The summed E-state index contributed by atoms with van der Waals surface area (Å²) >= 11 is 0. The highest BCUT2D eigenvalue weighted by atomic mass is 19.4. The van der Waals surface area contributed by atoms with Crippen LogP contribution < -0.4 is 0 Å². The lowest BCUT2D eigenvalue weighted by Crippen LogP contribution is -2.57. The molecule has 3 aromatic carbocycles. The third kappa shape index (κ3) is 6.50. The number of nitrogens with zero attached hydrogens (tertiary/aromatic N) is 2. The van der Waals surface area contributed by atoms with Crippen molar-refractivity contribution in [2.45, 2.75) is 38.0 Å². The minimum atomic E-state index is -4.45. The number of hydrogen-bond donors (Lipinski definition) is 0. The summed E-state index contributed by atoms with van der Waals surface area (Å²) in [5.74, 6) is -0.388. The van der Waals surface area contributed by atoms with Crippen LogP contribution >= 0.6 is 0 Å². The molecule has 1 aliphatic rings. The number of carbonyl (C=O) groups excluding carboxylic acids is 2. The van der Waals surface area contributed by atoms with Gasteiger partial charge in [0.15, 0.2) is 0 Å². The summed E-state index contributed by atoms with van der Waals surface area (Å²) < 4.78 is 39.6. The molecule has 0 saturated carbocycles. The van der Waals surface area contributed by atoms with Gasteiger partial charge in [-0.3, -0.25) is 9.59 Å². The van der Waals surface area contributed by atoms with E-state index in [9.17, 15) is 22.8 Å². The Morgan fingerprint density at radius 1 is 0.857 bits per heavy atom. The number of hydrogen-bond acceptors (Lipinski definition) is 2. The minimum absolute atomic E-state index is 0.0723. The first-order chi connectivity index (χ1) is 16.8. The van der Waals surface area contributed by atoms with Gasteiger partial charge in [0.25, 0.3) is 0 Å². The molecule has 0 aliphatic carbocycles. The van der Waals surface area contributed by atoms with Gasteiger partial charge in [-0.2, -0.15) is 13.2 Å². The summed E-state index contributed by atoms with van der Waals surface area (Å²) in [4.78, 5) is 29.4. The van der Waals surface area contributed by atoms with Crippen LogP contribution in [0, 0.1) is 0 Å². The van der Waals surface area contributed by atoms with Crippen molar-refractivity contribution in [3.05, 3.63) is 107 Å². The molecule has 0 bridgehead atoms. The second-order valence-electron chi connectivity index (χ2n) is 8.83. The number of alkyl halides is 3. The van der Waals surface area contributed by atoms with Crippen molar-refractivity contribution in [2.75, 3.05) is 13.1 Å². The molecule has 35 heavy (non-hydrogen) atoms. The summed E-state index contributed by atoms with van der Waals surface area (Å²) in [6.07, 6.45) is -2.95. The van der Waals surface area contributed by atoms with Gasteiger partial charge in [-0.05, 0) is 41.7 Å². The van der Waals surface area contributed by atoms with E-state index in [1.54, 1.807) is 15.9 Å². The van der Waals surface area contributed by atoms with Crippen LogP contribution in [0.25, 0.3) is 0 Å². The number of piperazine rings is 1. The molecule has 7 heteroatoms. The molecule has 4 nitrogen and oxygen atoms in total. The van der Waals surface area contributed by atoms with Gasteiger partial charge in [0.1, 0.15) is 0 Å². The first-order valence-corrected chi connectivity index (χ1v) is 11.6. The van der Waals surface area contributed by atoms with Crippen LogP contribution in [0.3, 0.4) is 0 Å². The SMILES string of the molecule is O=C(Cc1ccccc1)N1CC(=O)N(Cc2cccc(C(F)(F)F)c2)[C@@H](CCc2ccccc2)C1. The maximum Gasteiger partial charge on any atom is 0.416 e. The highest BCUT2D eigenvalue weighted by Gasteiger charge is 2.35. The number of aryl methyl sites for hydroxylation is 1. The molecule has 1 saturated heterocycles. The van der Waals surface area contributed by atoms with Crippen LogP contribution in [0.1, 0.15) is 28.7 Å². The second kappa shape index (κ2) is 10.8. The molecular formula is C28H27F3N2O2. The fourth-order valence-corrected chi connectivity index (χ4v) is 4.43. The van der Waals surface area contributed by atoms with Crippen LogP contribution in [-0.2, 0) is 35.2 Å². The molecule has 0 aromatic heterocycles. The highest BCUT2D eigenvalue weighted by Crippen LogP contribution is 2.30. The third-order valence-electron chi connectivity index (χ3n) is 6.29. The Morgan fingerprint density at radius 3 is 2.14 bits per heavy atom. The Morgan fingerprint density at radius 2 is 1.49 bits per heavy atom. The largest absolute Gasteiger partial charge is 0.416 e. The van der Waals surface area contributed by atoms with Crippen LogP contribution in [-0.4, -0.2) is 40.7 Å². The van der Waals surface area contributed by atoms with Gasteiger partial charge < -0.3 is 9.80 Å². The Labute approximate surface area is 203 Å². The van der Waals surface area contributed by atoms with Crippen LogP contribution in [0.4, 0.5) is 13.2 Å². The fraction of sp³-hybridized carbons (Fsp3) is 0.286. The Bertz CT molecular complexity index is 1150. The van der Waals surface area contributed by atoms with Gasteiger partial charge in [-0.15, -0.1) is 0 Å². The van der Waals surface area contributed by atoms with E-state index in [0.29, 0.717) is 24.9 Å². The lowest BCUT2D eigenvalue weighted by Gasteiger charge is -2.41. The topological polar surface area (TPSA) is 40.6 Å². The average Bonchev–Trinajstić information content (AvgIpc) is 2.85. The summed E-state index contributed by atoms with van der Waals surface area (Å²) in [7, 11) is 0. The normalized spacial score (nSPS) is 16.4. The quantitative estimate of drug-likeness (QED) is 0.471. The molecule has 1 fully saturated rings. The Hall–Kier alpha value is -3.61. The molecule has 2 amide bonds. The van der Waals surface area contributed by atoms with Crippen molar-refractivity contribution in [3.8, 4) is 0 Å². The summed E-state index contributed by atoms with van der Waals surface area (Å²) in [5.41, 5.74) is 1.66. The third-order valence-corrected chi connectivity index (χ3v) is 6.29. The number of carbonyl (C=O) groups is 2. The van der Waals surface area contributed by atoms with Gasteiger partial charge >= 0.3 is 6.18 Å².